The predicted octanol–water partition coefficient (Wildman–Crippen LogP) is 3.11. The van der Waals surface area contributed by atoms with E-state index in [4.69, 9.17) is 0 Å². The quantitative estimate of drug-likeness (QED) is 0.897. The Balaban J connectivity index is 2.15. The summed E-state index contributed by atoms with van der Waals surface area (Å²) in [7, 11) is 0. The molecular weight excluding hydrogens is 252 g/mol. The normalized spacial score (nSPS) is 25.3. The average Bonchev–Trinajstić information content (AvgIpc) is 2.48. The zero-order valence-corrected chi connectivity index (χ0v) is 12.4. The first-order chi connectivity index (χ1) is 9.59. The Bertz CT molecular complexity index is 445. The Morgan fingerprint density at radius 2 is 2.40 bits per heavy atom. The Kier molecular flexibility index (Phi) is 4.76. The maximum Gasteiger partial charge on any atom is 0.310 e. The van der Waals surface area contributed by atoms with E-state index in [1.807, 2.05) is 12.3 Å². The summed E-state index contributed by atoms with van der Waals surface area (Å²) in [6.45, 7) is 5.82. The molecule has 1 N–H and O–H groups in total. The van der Waals surface area contributed by atoms with Crippen LogP contribution in [0.5, 0.6) is 0 Å². The number of piperidine rings is 1. The summed E-state index contributed by atoms with van der Waals surface area (Å²) in [4.78, 5) is 18.2. The fourth-order valence-corrected chi connectivity index (χ4v) is 3.30. The number of rotatable bonds is 5. The Morgan fingerprint density at radius 1 is 1.60 bits per heavy atom. The average molecular weight is 276 g/mol. The van der Waals surface area contributed by atoms with E-state index in [1.54, 1.807) is 6.20 Å². The molecule has 2 rings (SSSR count). The SMILES string of the molecule is CCCC1(C(=O)O)CCCN(C(C)c2cccnc2)C1. The first kappa shape index (κ1) is 15.0. The Morgan fingerprint density at radius 3 is 3.00 bits per heavy atom. The lowest BCUT2D eigenvalue weighted by atomic mass is 9.76. The topological polar surface area (TPSA) is 53.4 Å². The second kappa shape index (κ2) is 6.35. The monoisotopic (exact) mass is 276 g/mol. The van der Waals surface area contributed by atoms with Gasteiger partial charge in [-0.3, -0.25) is 14.7 Å². The van der Waals surface area contributed by atoms with Gasteiger partial charge in [0.1, 0.15) is 0 Å². The van der Waals surface area contributed by atoms with Gasteiger partial charge in [-0.1, -0.05) is 19.4 Å². The van der Waals surface area contributed by atoms with Crippen LogP contribution in [0.1, 0.15) is 51.1 Å². The fourth-order valence-electron chi connectivity index (χ4n) is 3.30. The zero-order chi connectivity index (χ0) is 14.6. The molecule has 0 aromatic carbocycles. The van der Waals surface area contributed by atoms with E-state index >= 15 is 0 Å². The highest BCUT2D eigenvalue weighted by Gasteiger charge is 2.42. The van der Waals surface area contributed by atoms with Gasteiger partial charge in [0, 0.05) is 25.0 Å². The summed E-state index contributed by atoms with van der Waals surface area (Å²) in [5.41, 5.74) is 0.592. The van der Waals surface area contributed by atoms with Gasteiger partial charge in [-0.25, -0.2) is 0 Å². The van der Waals surface area contributed by atoms with Gasteiger partial charge in [0.05, 0.1) is 5.41 Å². The van der Waals surface area contributed by atoms with E-state index in [0.717, 1.165) is 37.8 Å². The zero-order valence-electron chi connectivity index (χ0n) is 12.4. The van der Waals surface area contributed by atoms with Gasteiger partial charge in [0.25, 0.3) is 0 Å². The van der Waals surface area contributed by atoms with Gasteiger partial charge in [0.15, 0.2) is 0 Å². The van der Waals surface area contributed by atoms with Crippen LogP contribution in [0, 0.1) is 5.41 Å². The molecule has 4 nitrogen and oxygen atoms in total. The number of hydrogen-bond donors (Lipinski definition) is 1. The van der Waals surface area contributed by atoms with Gasteiger partial charge in [-0.05, 0) is 44.4 Å². The predicted molar refractivity (Wildman–Crippen MR) is 78.4 cm³/mol. The summed E-state index contributed by atoms with van der Waals surface area (Å²) in [5.74, 6) is -0.637. The summed E-state index contributed by atoms with van der Waals surface area (Å²) in [6, 6.07) is 4.22. The maximum absolute atomic E-state index is 11.7. The highest BCUT2D eigenvalue weighted by Crippen LogP contribution is 2.38. The number of carbonyl (C=O) groups is 1. The second-order valence-electron chi connectivity index (χ2n) is 5.87. The molecule has 2 heterocycles. The summed E-state index contributed by atoms with van der Waals surface area (Å²) in [5, 5.41) is 9.65. The van der Waals surface area contributed by atoms with E-state index in [1.165, 1.54) is 0 Å². The number of nitrogens with zero attached hydrogens (tertiary/aromatic N) is 2. The van der Waals surface area contributed by atoms with Crippen LogP contribution in [-0.2, 0) is 4.79 Å². The maximum atomic E-state index is 11.7. The molecular formula is C16H24N2O2. The minimum atomic E-state index is -0.637. The Labute approximate surface area is 120 Å². The summed E-state index contributed by atoms with van der Waals surface area (Å²) >= 11 is 0. The third-order valence-electron chi connectivity index (χ3n) is 4.50. The molecule has 4 heteroatoms. The molecule has 0 radical (unpaired) electrons. The summed E-state index contributed by atoms with van der Waals surface area (Å²) in [6.07, 6.45) is 7.08. The van der Waals surface area contributed by atoms with Crippen LogP contribution >= 0.6 is 0 Å². The van der Waals surface area contributed by atoms with Gasteiger partial charge < -0.3 is 5.11 Å². The van der Waals surface area contributed by atoms with Crippen molar-refractivity contribution in [3.63, 3.8) is 0 Å². The minimum absolute atomic E-state index is 0.222. The van der Waals surface area contributed by atoms with Gasteiger partial charge >= 0.3 is 5.97 Å². The molecule has 1 aromatic rings. The molecule has 1 fully saturated rings. The van der Waals surface area contributed by atoms with Crippen molar-refractivity contribution in [3.05, 3.63) is 30.1 Å². The van der Waals surface area contributed by atoms with E-state index < -0.39 is 11.4 Å². The van der Waals surface area contributed by atoms with Crippen LogP contribution in [0.15, 0.2) is 24.5 Å². The molecule has 1 saturated heterocycles. The van der Waals surface area contributed by atoms with Crippen molar-refractivity contribution in [2.24, 2.45) is 5.41 Å². The number of aromatic nitrogens is 1. The molecule has 0 saturated carbocycles. The van der Waals surface area contributed by atoms with Crippen molar-refractivity contribution in [2.75, 3.05) is 13.1 Å². The third-order valence-corrected chi connectivity index (χ3v) is 4.50. The van der Waals surface area contributed by atoms with Crippen LogP contribution in [-0.4, -0.2) is 34.0 Å². The largest absolute Gasteiger partial charge is 0.481 e. The molecule has 2 unspecified atom stereocenters. The lowest BCUT2D eigenvalue weighted by Crippen LogP contribution is -2.48. The molecule has 0 aliphatic carbocycles. The number of carboxylic acids is 1. The molecule has 1 aromatic heterocycles. The van der Waals surface area contributed by atoms with Gasteiger partial charge in [-0.2, -0.15) is 0 Å². The van der Waals surface area contributed by atoms with E-state index in [2.05, 4.69) is 29.8 Å². The van der Waals surface area contributed by atoms with Crippen LogP contribution < -0.4 is 0 Å². The van der Waals surface area contributed by atoms with Gasteiger partial charge in [-0.15, -0.1) is 0 Å². The number of aliphatic carboxylic acids is 1. The van der Waals surface area contributed by atoms with Gasteiger partial charge in [0.2, 0.25) is 0 Å². The lowest BCUT2D eigenvalue weighted by Gasteiger charge is -2.42. The van der Waals surface area contributed by atoms with Crippen LogP contribution in [0.4, 0.5) is 0 Å². The smallest absolute Gasteiger partial charge is 0.310 e. The molecule has 20 heavy (non-hydrogen) atoms. The number of carboxylic acid groups (broad SMARTS) is 1. The molecule has 1 aliphatic heterocycles. The fraction of sp³-hybridized carbons (Fsp3) is 0.625. The number of pyridine rings is 1. The first-order valence-corrected chi connectivity index (χ1v) is 7.46. The summed E-state index contributed by atoms with van der Waals surface area (Å²) < 4.78 is 0. The molecule has 110 valence electrons. The van der Waals surface area contributed by atoms with Crippen molar-refractivity contribution in [3.8, 4) is 0 Å². The number of hydrogen-bond acceptors (Lipinski definition) is 3. The molecule has 1 aliphatic rings. The minimum Gasteiger partial charge on any atom is -0.481 e. The molecule has 0 bridgehead atoms. The molecule has 0 amide bonds. The van der Waals surface area contributed by atoms with Crippen molar-refractivity contribution in [2.45, 2.75) is 45.6 Å². The van der Waals surface area contributed by atoms with E-state index in [0.29, 0.717) is 6.54 Å². The molecule has 0 spiro atoms. The lowest BCUT2D eigenvalue weighted by molar-refractivity contribution is -0.154. The van der Waals surface area contributed by atoms with Crippen LogP contribution in [0.2, 0.25) is 0 Å². The van der Waals surface area contributed by atoms with Crippen molar-refractivity contribution in [1.82, 2.24) is 9.88 Å². The van der Waals surface area contributed by atoms with E-state index in [9.17, 15) is 9.90 Å². The number of likely N-dealkylation sites (tertiary alicyclic amines) is 1. The third kappa shape index (κ3) is 3.01. The second-order valence-corrected chi connectivity index (χ2v) is 5.87. The standard InChI is InChI=1S/C16H24N2O2/c1-3-7-16(15(19)20)8-5-10-18(12-16)13(2)14-6-4-9-17-11-14/h4,6,9,11,13H,3,5,7-8,10,12H2,1-2H3,(H,19,20). The highest BCUT2D eigenvalue weighted by molar-refractivity contribution is 5.75. The van der Waals surface area contributed by atoms with Crippen molar-refractivity contribution >= 4 is 5.97 Å². The Hall–Kier alpha value is -1.42. The van der Waals surface area contributed by atoms with E-state index in [-0.39, 0.29) is 6.04 Å². The van der Waals surface area contributed by atoms with Crippen molar-refractivity contribution in [1.29, 1.82) is 0 Å². The van der Waals surface area contributed by atoms with Crippen molar-refractivity contribution < 1.29 is 9.90 Å². The van der Waals surface area contributed by atoms with Crippen LogP contribution in [0.25, 0.3) is 0 Å². The van der Waals surface area contributed by atoms with Crippen LogP contribution in [0.3, 0.4) is 0 Å². The first-order valence-electron chi connectivity index (χ1n) is 7.46. The molecule has 2 atom stereocenters. The highest BCUT2D eigenvalue weighted by atomic mass is 16.4.